The van der Waals surface area contributed by atoms with Crippen LogP contribution in [0.3, 0.4) is 0 Å². The van der Waals surface area contributed by atoms with Crippen molar-refractivity contribution in [3.05, 3.63) is 255 Å². The molecule has 0 aliphatic heterocycles. The predicted molar refractivity (Wildman–Crippen MR) is 272 cm³/mol. The lowest BCUT2D eigenvalue weighted by Crippen LogP contribution is -2.11. The van der Waals surface area contributed by atoms with Crippen LogP contribution in [0.1, 0.15) is 0 Å². The van der Waals surface area contributed by atoms with Crippen LogP contribution in [0.15, 0.2) is 255 Å². The molecule has 12 rings (SSSR count). The average molecular weight is 815 g/mol. The summed E-state index contributed by atoms with van der Waals surface area (Å²) < 4.78 is 2.41. The molecule has 0 spiro atoms. The topological polar surface area (TPSA) is 8.17 Å². The number of hydrogen-bond donors (Lipinski definition) is 0. The van der Waals surface area contributed by atoms with Gasteiger partial charge >= 0.3 is 0 Å². The van der Waals surface area contributed by atoms with Gasteiger partial charge in [-0.25, -0.2) is 0 Å². The Labute approximate surface area is 373 Å². The highest BCUT2D eigenvalue weighted by Crippen LogP contribution is 2.43. The molecule has 0 aliphatic carbocycles. The van der Waals surface area contributed by atoms with E-state index in [1.165, 1.54) is 93.5 Å². The van der Waals surface area contributed by atoms with E-state index >= 15 is 0 Å². The Bertz CT molecular complexity index is 3600. The van der Waals surface area contributed by atoms with Crippen LogP contribution in [0.4, 0.5) is 17.1 Å². The largest absolute Gasteiger partial charge is 0.310 e. The first-order chi connectivity index (χ1) is 31.7. The van der Waals surface area contributed by atoms with Gasteiger partial charge in [-0.1, -0.05) is 194 Å². The van der Waals surface area contributed by atoms with Crippen LogP contribution < -0.4 is 4.90 Å². The summed E-state index contributed by atoms with van der Waals surface area (Å²) in [6, 6.07) is 92.7. The van der Waals surface area contributed by atoms with Gasteiger partial charge < -0.3 is 9.47 Å². The Morgan fingerprint density at radius 2 is 0.672 bits per heavy atom. The highest BCUT2D eigenvalue weighted by atomic mass is 15.1. The molecule has 0 aliphatic rings. The molecule has 0 atom stereocenters. The molecule has 12 aromatic rings. The maximum absolute atomic E-state index is 2.41. The summed E-state index contributed by atoms with van der Waals surface area (Å²) in [5, 5.41) is 7.49. The third-order valence-corrected chi connectivity index (χ3v) is 12.8. The third kappa shape index (κ3) is 6.61. The van der Waals surface area contributed by atoms with Crippen LogP contribution in [0.2, 0.25) is 0 Å². The molecule has 0 bridgehead atoms. The third-order valence-electron chi connectivity index (χ3n) is 12.8. The monoisotopic (exact) mass is 814 g/mol. The Morgan fingerprint density at radius 3 is 1.28 bits per heavy atom. The van der Waals surface area contributed by atoms with E-state index in [1.54, 1.807) is 0 Å². The Kier molecular flexibility index (Phi) is 9.20. The fourth-order valence-electron chi connectivity index (χ4n) is 9.61. The van der Waals surface area contributed by atoms with Crippen molar-refractivity contribution in [1.29, 1.82) is 0 Å². The normalized spacial score (nSPS) is 11.4. The van der Waals surface area contributed by atoms with Gasteiger partial charge in [0.05, 0.1) is 22.4 Å². The van der Waals surface area contributed by atoms with Crippen molar-refractivity contribution in [2.45, 2.75) is 0 Å². The lowest BCUT2D eigenvalue weighted by Gasteiger charge is -2.28. The van der Waals surface area contributed by atoms with Gasteiger partial charge in [0.1, 0.15) is 0 Å². The smallest absolute Gasteiger partial charge is 0.0541 e. The van der Waals surface area contributed by atoms with E-state index in [0.29, 0.717) is 0 Å². The van der Waals surface area contributed by atoms with Crippen LogP contribution in [-0.4, -0.2) is 4.57 Å². The number of anilines is 3. The van der Waals surface area contributed by atoms with Crippen molar-refractivity contribution >= 4 is 60.4 Å². The first kappa shape index (κ1) is 37.3. The number of benzene rings is 11. The second-order valence-electron chi connectivity index (χ2n) is 16.5. The fraction of sp³-hybridized carbons (Fsp3) is 0. The van der Waals surface area contributed by atoms with Gasteiger partial charge in [0, 0.05) is 33.3 Å². The van der Waals surface area contributed by atoms with E-state index in [-0.39, 0.29) is 0 Å². The van der Waals surface area contributed by atoms with Crippen molar-refractivity contribution in [1.82, 2.24) is 4.57 Å². The molecule has 2 heteroatoms. The number of rotatable bonds is 8. The molecule has 0 saturated heterocycles. The first-order valence-electron chi connectivity index (χ1n) is 22.0. The summed E-state index contributed by atoms with van der Waals surface area (Å²) in [7, 11) is 0. The van der Waals surface area contributed by atoms with Gasteiger partial charge in [-0.05, 0) is 116 Å². The molecular weight excluding hydrogens is 773 g/mol. The molecule has 0 N–H and O–H groups in total. The van der Waals surface area contributed by atoms with Gasteiger partial charge in [0.25, 0.3) is 0 Å². The number of aromatic nitrogens is 1. The summed E-state index contributed by atoms with van der Waals surface area (Å²) in [5.41, 5.74) is 16.4. The quantitative estimate of drug-likeness (QED) is 0.148. The highest BCUT2D eigenvalue weighted by molar-refractivity contribution is 6.09. The van der Waals surface area contributed by atoms with Crippen LogP contribution in [-0.2, 0) is 0 Å². The lowest BCUT2D eigenvalue weighted by atomic mass is 9.97. The SMILES string of the molecule is c1ccc(N(c2ccc(-c3ccc(-c4ccccc4-n4c5ccccc5c5ccccc54)cc3)cc2)c2ccc(-c3ccc4ccccc4c3)cc2)c(-c2ccc3ccccc3c2)c1. The van der Waals surface area contributed by atoms with Crippen molar-refractivity contribution in [3.63, 3.8) is 0 Å². The molecule has 0 unspecified atom stereocenters. The van der Waals surface area contributed by atoms with Crippen molar-refractivity contribution in [3.8, 4) is 50.2 Å². The van der Waals surface area contributed by atoms with Crippen LogP contribution in [0, 0.1) is 0 Å². The molecule has 1 aromatic heterocycles. The number of nitrogens with zero attached hydrogens (tertiary/aromatic N) is 2. The van der Waals surface area contributed by atoms with E-state index < -0.39 is 0 Å². The zero-order valence-corrected chi connectivity index (χ0v) is 35.1. The van der Waals surface area contributed by atoms with E-state index in [9.17, 15) is 0 Å². The minimum Gasteiger partial charge on any atom is -0.310 e. The van der Waals surface area contributed by atoms with E-state index in [0.717, 1.165) is 17.1 Å². The lowest BCUT2D eigenvalue weighted by molar-refractivity contribution is 1.18. The van der Waals surface area contributed by atoms with Crippen LogP contribution >= 0.6 is 0 Å². The molecule has 11 aromatic carbocycles. The Balaban J connectivity index is 0.912. The van der Waals surface area contributed by atoms with E-state index in [2.05, 4.69) is 264 Å². The van der Waals surface area contributed by atoms with Gasteiger partial charge in [0.2, 0.25) is 0 Å². The summed E-state index contributed by atoms with van der Waals surface area (Å²) in [6.45, 7) is 0. The van der Waals surface area contributed by atoms with Crippen LogP contribution in [0.25, 0.3) is 93.5 Å². The minimum atomic E-state index is 1.09. The van der Waals surface area contributed by atoms with Crippen LogP contribution in [0.5, 0.6) is 0 Å². The Hall–Kier alpha value is -8.46. The van der Waals surface area contributed by atoms with Gasteiger partial charge in [0.15, 0.2) is 0 Å². The molecule has 1 heterocycles. The fourth-order valence-corrected chi connectivity index (χ4v) is 9.61. The number of para-hydroxylation sites is 4. The zero-order chi connectivity index (χ0) is 42.4. The summed E-state index contributed by atoms with van der Waals surface area (Å²) >= 11 is 0. The van der Waals surface area contributed by atoms with Crippen molar-refractivity contribution in [2.24, 2.45) is 0 Å². The second-order valence-corrected chi connectivity index (χ2v) is 16.5. The van der Waals surface area contributed by atoms with Crippen molar-refractivity contribution in [2.75, 3.05) is 4.90 Å². The Morgan fingerprint density at radius 1 is 0.266 bits per heavy atom. The molecule has 0 saturated carbocycles. The number of hydrogen-bond acceptors (Lipinski definition) is 1. The molecule has 0 radical (unpaired) electrons. The van der Waals surface area contributed by atoms with Gasteiger partial charge in [-0.3, -0.25) is 0 Å². The maximum atomic E-state index is 2.41. The first-order valence-corrected chi connectivity index (χ1v) is 22.0. The number of fused-ring (bicyclic) bond motifs is 5. The predicted octanol–water partition coefficient (Wildman–Crippen LogP) is 17.2. The highest BCUT2D eigenvalue weighted by Gasteiger charge is 2.19. The molecule has 300 valence electrons. The molecule has 0 fully saturated rings. The maximum Gasteiger partial charge on any atom is 0.0541 e. The van der Waals surface area contributed by atoms with Gasteiger partial charge in [-0.2, -0.15) is 0 Å². The van der Waals surface area contributed by atoms with E-state index in [4.69, 9.17) is 0 Å². The summed E-state index contributed by atoms with van der Waals surface area (Å²) in [6.07, 6.45) is 0. The second kappa shape index (κ2) is 15.8. The van der Waals surface area contributed by atoms with Crippen molar-refractivity contribution < 1.29 is 0 Å². The molecule has 2 nitrogen and oxygen atoms in total. The average Bonchev–Trinajstić information content (AvgIpc) is 3.71. The summed E-state index contributed by atoms with van der Waals surface area (Å²) in [4.78, 5) is 2.40. The molecule has 64 heavy (non-hydrogen) atoms. The van der Waals surface area contributed by atoms with Gasteiger partial charge in [-0.15, -0.1) is 0 Å². The zero-order valence-electron chi connectivity index (χ0n) is 35.1. The molecule has 0 amide bonds. The molecular formula is C62H42N2. The summed E-state index contributed by atoms with van der Waals surface area (Å²) in [5.74, 6) is 0. The minimum absolute atomic E-state index is 1.09. The standard InChI is InChI=1S/C62H42N2/c1-3-15-49-41-51(31-27-43(49)13-1)47-35-39-54(40-36-47)63(59-21-9-6-18-56(59)52-32-28-44-14-2-4-16-50(44)42-52)53-37-33-46(34-38-53)45-25-29-48(30-26-45)55-17-5-10-22-60(55)64-61-23-11-7-19-57(61)58-20-8-12-24-62(58)64/h1-42H. The van der Waals surface area contributed by atoms with E-state index in [1.807, 2.05) is 0 Å².